The molecule has 108 valence electrons. The normalized spacial score (nSPS) is 20.5. The van der Waals surface area contributed by atoms with Crippen molar-refractivity contribution >= 4 is 16.7 Å². The van der Waals surface area contributed by atoms with Crippen molar-refractivity contribution in [3.63, 3.8) is 0 Å². The molecule has 21 heavy (non-hydrogen) atoms. The molecule has 1 N–H and O–H groups in total. The first-order valence-corrected chi connectivity index (χ1v) is 8.11. The van der Waals surface area contributed by atoms with Gasteiger partial charge in [0.2, 0.25) is 5.91 Å². The Kier molecular flexibility index (Phi) is 3.17. The fourth-order valence-electron chi connectivity index (χ4n) is 3.64. The Morgan fingerprint density at radius 3 is 2.71 bits per heavy atom. The summed E-state index contributed by atoms with van der Waals surface area (Å²) in [6.07, 6.45) is 5.60. The summed E-state index contributed by atoms with van der Waals surface area (Å²) >= 11 is 0. The minimum absolute atomic E-state index is 0.268. The Morgan fingerprint density at radius 2 is 1.90 bits per heavy atom. The van der Waals surface area contributed by atoms with Crippen molar-refractivity contribution in [2.45, 2.75) is 38.0 Å². The molecule has 0 aromatic heterocycles. The number of carbonyl (C=O) groups excluding carboxylic acids is 1. The average Bonchev–Trinajstić information content (AvgIpc) is 3.35. The summed E-state index contributed by atoms with van der Waals surface area (Å²) in [6, 6.07) is 13.3. The van der Waals surface area contributed by atoms with Gasteiger partial charge in [0.05, 0.1) is 0 Å². The van der Waals surface area contributed by atoms with E-state index in [1.165, 1.54) is 28.3 Å². The number of carbonyl (C=O) groups is 1. The van der Waals surface area contributed by atoms with E-state index >= 15 is 0 Å². The van der Waals surface area contributed by atoms with Crippen LogP contribution in [0.1, 0.15) is 42.7 Å². The van der Waals surface area contributed by atoms with Crippen molar-refractivity contribution in [3.8, 4) is 0 Å². The lowest BCUT2D eigenvalue weighted by atomic mass is 9.80. The van der Waals surface area contributed by atoms with Crippen molar-refractivity contribution in [1.29, 1.82) is 0 Å². The lowest BCUT2D eigenvalue weighted by Crippen LogP contribution is -2.27. The van der Waals surface area contributed by atoms with E-state index in [2.05, 4.69) is 41.7 Å². The van der Waals surface area contributed by atoms with E-state index < -0.39 is 0 Å². The molecule has 2 aliphatic carbocycles. The molecule has 1 atom stereocenters. The molecule has 0 aliphatic heterocycles. The highest BCUT2D eigenvalue weighted by atomic mass is 16.2. The summed E-state index contributed by atoms with van der Waals surface area (Å²) in [5.41, 5.74) is 2.97. The smallest absolute Gasteiger partial charge is 0.223 e. The molecule has 1 fully saturated rings. The van der Waals surface area contributed by atoms with Crippen LogP contribution >= 0.6 is 0 Å². The molecule has 1 unspecified atom stereocenters. The minimum Gasteiger partial charge on any atom is -0.356 e. The van der Waals surface area contributed by atoms with Gasteiger partial charge in [-0.15, -0.1) is 0 Å². The highest BCUT2D eigenvalue weighted by Crippen LogP contribution is 2.38. The van der Waals surface area contributed by atoms with Crippen LogP contribution in [-0.4, -0.2) is 12.5 Å². The molecule has 1 saturated carbocycles. The number of aryl methyl sites for hydroxylation is 1. The molecule has 2 aromatic carbocycles. The molecule has 0 spiro atoms. The molecule has 0 saturated heterocycles. The van der Waals surface area contributed by atoms with Crippen LogP contribution < -0.4 is 5.32 Å². The Bertz CT molecular complexity index is 682. The van der Waals surface area contributed by atoms with E-state index in [0.29, 0.717) is 11.8 Å². The van der Waals surface area contributed by atoms with Crippen LogP contribution in [0, 0.1) is 5.92 Å². The third-order valence-electron chi connectivity index (χ3n) is 4.97. The van der Waals surface area contributed by atoms with E-state index in [-0.39, 0.29) is 5.91 Å². The van der Waals surface area contributed by atoms with Gasteiger partial charge in [0, 0.05) is 12.5 Å². The number of rotatable bonds is 4. The Labute approximate surface area is 125 Å². The Hall–Kier alpha value is -1.83. The molecule has 0 radical (unpaired) electrons. The zero-order valence-corrected chi connectivity index (χ0v) is 12.3. The third kappa shape index (κ3) is 2.44. The third-order valence-corrected chi connectivity index (χ3v) is 4.97. The van der Waals surface area contributed by atoms with Crippen LogP contribution in [0.25, 0.3) is 10.8 Å². The zero-order chi connectivity index (χ0) is 14.2. The van der Waals surface area contributed by atoms with Gasteiger partial charge in [0.1, 0.15) is 0 Å². The highest BCUT2D eigenvalue weighted by molar-refractivity contribution is 5.90. The van der Waals surface area contributed by atoms with Gasteiger partial charge in [-0.2, -0.15) is 0 Å². The lowest BCUT2D eigenvalue weighted by molar-refractivity contribution is -0.122. The zero-order valence-electron chi connectivity index (χ0n) is 12.3. The van der Waals surface area contributed by atoms with Crippen LogP contribution in [0.15, 0.2) is 36.4 Å². The van der Waals surface area contributed by atoms with Gasteiger partial charge in [0.15, 0.2) is 0 Å². The molecule has 2 heteroatoms. The van der Waals surface area contributed by atoms with Gasteiger partial charge in [0.25, 0.3) is 0 Å². The van der Waals surface area contributed by atoms with E-state index in [9.17, 15) is 4.79 Å². The average molecular weight is 279 g/mol. The second-order valence-electron chi connectivity index (χ2n) is 6.45. The number of nitrogens with one attached hydrogen (secondary N) is 1. The second-order valence-corrected chi connectivity index (χ2v) is 6.45. The molecule has 4 rings (SSSR count). The van der Waals surface area contributed by atoms with E-state index in [1.807, 2.05) is 0 Å². The number of benzene rings is 2. The summed E-state index contributed by atoms with van der Waals surface area (Å²) in [7, 11) is 0. The quantitative estimate of drug-likeness (QED) is 0.906. The summed E-state index contributed by atoms with van der Waals surface area (Å²) < 4.78 is 0. The molecule has 0 heterocycles. The maximum Gasteiger partial charge on any atom is 0.223 e. The number of amides is 1. The van der Waals surface area contributed by atoms with Crippen LogP contribution in [0.4, 0.5) is 0 Å². The summed E-state index contributed by atoms with van der Waals surface area (Å²) in [6.45, 7) is 0.818. The van der Waals surface area contributed by atoms with Crippen LogP contribution in [0.3, 0.4) is 0 Å². The predicted octanol–water partition coefficient (Wildman–Crippen LogP) is 3.79. The first-order valence-electron chi connectivity index (χ1n) is 8.11. The molecular weight excluding hydrogens is 258 g/mol. The van der Waals surface area contributed by atoms with Crippen molar-refractivity contribution < 1.29 is 4.79 Å². The lowest BCUT2D eigenvalue weighted by Gasteiger charge is -2.26. The molecule has 2 aromatic rings. The van der Waals surface area contributed by atoms with Crippen molar-refractivity contribution in [2.24, 2.45) is 5.92 Å². The standard InChI is InChI=1S/C19H21NO/c21-19(16-9-10-16)20-12-11-13-7-8-15-4-1-3-14-5-2-6-17(13)18(14)15/h1-6,13,16H,7-12H2,(H,20,21). The maximum absolute atomic E-state index is 11.7. The number of hydrogen-bond donors (Lipinski definition) is 1. The van der Waals surface area contributed by atoms with Gasteiger partial charge in [-0.3, -0.25) is 4.79 Å². The van der Waals surface area contributed by atoms with Gasteiger partial charge in [-0.05, 0) is 59.9 Å². The molecule has 2 aliphatic rings. The van der Waals surface area contributed by atoms with Crippen molar-refractivity contribution in [3.05, 3.63) is 47.5 Å². The predicted molar refractivity (Wildman–Crippen MR) is 85.4 cm³/mol. The summed E-state index contributed by atoms with van der Waals surface area (Å²) in [5.74, 6) is 1.17. The SMILES string of the molecule is O=C(NCCC1CCc2cccc3cccc1c23)C1CC1. The molecular formula is C19H21NO. The Morgan fingerprint density at radius 1 is 1.10 bits per heavy atom. The first-order chi connectivity index (χ1) is 10.3. The van der Waals surface area contributed by atoms with Crippen molar-refractivity contribution in [1.82, 2.24) is 5.32 Å². The van der Waals surface area contributed by atoms with E-state index in [4.69, 9.17) is 0 Å². The fourth-order valence-corrected chi connectivity index (χ4v) is 3.64. The monoisotopic (exact) mass is 279 g/mol. The maximum atomic E-state index is 11.7. The summed E-state index contributed by atoms with van der Waals surface area (Å²) in [4.78, 5) is 11.7. The van der Waals surface area contributed by atoms with Gasteiger partial charge >= 0.3 is 0 Å². The Balaban J connectivity index is 1.52. The van der Waals surface area contributed by atoms with Crippen LogP contribution in [0.5, 0.6) is 0 Å². The van der Waals surface area contributed by atoms with Crippen LogP contribution in [-0.2, 0) is 11.2 Å². The summed E-state index contributed by atoms with van der Waals surface area (Å²) in [5, 5.41) is 5.93. The first kappa shape index (κ1) is 12.9. The van der Waals surface area contributed by atoms with Crippen LogP contribution in [0.2, 0.25) is 0 Å². The van der Waals surface area contributed by atoms with Gasteiger partial charge in [-0.25, -0.2) is 0 Å². The molecule has 2 nitrogen and oxygen atoms in total. The highest BCUT2D eigenvalue weighted by Gasteiger charge is 2.29. The van der Waals surface area contributed by atoms with Gasteiger partial charge < -0.3 is 5.32 Å². The topological polar surface area (TPSA) is 29.1 Å². The minimum atomic E-state index is 0.268. The molecule has 1 amide bonds. The number of hydrogen-bond acceptors (Lipinski definition) is 1. The second kappa shape index (κ2) is 5.18. The van der Waals surface area contributed by atoms with Crippen molar-refractivity contribution in [2.75, 3.05) is 6.54 Å². The van der Waals surface area contributed by atoms with E-state index in [1.54, 1.807) is 0 Å². The van der Waals surface area contributed by atoms with E-state index in [0.717, 1.165) is 32.2 Å². The van der Waals surface area contributed by atoms with Gasteiger partial charge in [-0.1, -0.05) is 36.4 Å². The fraction of sp³-hybridized carbons (Fsp3) is 0.421. The largest absolute Gasteiger partial charge is 0.356 e. The molecule has 0 bridgehead atoms.